The van der Waals surface area contributed by atoms with Gasteiger partial charge in [0.2, 0.25) is 0 Å². The van der Waals surface area contributed by atoms with E-state index in [2.05, 4.69) is 4.90 Å². The van der Waals surface area contributed by atoms with Crippen molar-refractivity contribution in [2.75, 3.05) is 32.7 Å². The number of carbonyl (C=O) groups is 1. The summed E-state index contributed by atoms with van der Waals surface area (Å²) in [6.07, 6.45) is 2.75. The summed E-state index contributed by atoms with van der Waals surface area (Å²) in [5.74, 6) is -0.196. The number of piperazine rings is 1. The van der Waals surface area contributed by atoms with E-state index in [0.717, 1.165) is 55.6 Å². The van der Waals surface area contributed by atoms with E-state index in [1.807, 2.05) is 53.6 Å². The predicted molar refractivity (Wildman–Crippen MR) is 101 cm³/mol. The van der Waals surface area contributed by atoms with Crippen LogP contribution in [0.3, 0.4) is 0 Å². The Morgan fingerprint density at radius 3 is 2.42 bits per heavy atom. The van der Waals surface area contributed by atoms with Crippen molar-refractivity contribution in [1.82, 2.24) is 14.4 Å². The molecule has 0 atom stereocenters. The van der Waals surface area contributed by atoms with Crippen LogP contribution in [0.5, 0.6) is 0 Å². The number of halogens is 1. The second kappa shape index (κ2) is 7.30. The Morgan fingerprint density at radius 2 is 1.65 bits per heavy atom. The van der Waals surface area contributed by atoms with Crippen molar-refractivity contribution >= 4 is 16.9 Å². The molecule has 4 rings (SSSR count). The molecule has 3 aromatic rings. The number of nitrogens with zero attached hydrogens (tertiary/aromatic N) is 3. The van der Waals surface area contributed by atoms with Crippen LogP contribution in [0.4, 0.5) is 9.18 Å². The van der Waals surface area contributed by atoms with Gasteiger partial charge in [-0.25, -0.2) is 9.18 Å². The van der Waals surface area contributed by atoms with Crippen LogP contribution in [0.15, 0.2) is 60.8 Å². The van der Waals surface area contributed by atoms with Gasteiger partial charge in [0.05, 0.1) is 5.52 Å². The van der Waals surface area contributed by atoms with Gasteiger partial charge >= 0.3 is 6.03 Å². The molecule has 1 aromatic heterocycles. The third kappa shape index (κ3) is 3.48. The fourth-order valence-corrected chi connectivity index (χ4v) is 3.50. The summed E-state index contributed by atoms with van der Waals surface area (Å²) in [6, 6.07) is 16.7. The summed E-state index contributed by atoms with van der Waals surface area (Å²) < 4.78 is 14.7. The van der Waals surface area contributed by atoms with Gasteiger partial charge in [-0.1, -0.05) is 30.3 Å². The van der Waals surface area contributed by atoms with Crippen molar-refractivity contribution in [2.24, 2.45) is 0 Å². The maximum absolute atomic E-state index is 13.0. The zero-order valence-corrected chi connectivity index (χ0v) is 14.6. The number of para-hydroxylation sites is 1. The summed E-state index contributed by atoms with van der Waals surface area (Å²) in [7, 11) is 0. The van der Waals surface area contributed by atoms with Crippen LogP contribution < -0.4 is 0 Å². The Morgan fingerprint density at radius 1 is 0.923 bits per heavy atom. The minimum absolute atomic E-state index is 0.0457. The molecule has 0 radical (unpaired) electrons. The number of carbonyl (C=O) groups excluding carboxylic acids is 1. The van der Waals surface area contributed by atoms with Gasteiger partial charge in [0.25, 0.3) is 0 Å². The first kappa shape index (κ1) is 16.8. The lowest BCUT2D eigenvalue weighted by atomic mass is 10.1. The van der Waals surface area contributed by atoms with Crippen molar-refractivity contribution in [3.63, 3.8) is 0 Å². The topological polar surface area (TPSA) is 28.5 Å². The van der Waals surface area contributed by atoms with Crippen LogP contribution >= 0.6 is 0 Å². The molecule has 0 saturated carbocycles. The van der Waals surface area contributed by atoms with Gasteiger partial charge < -0.3 is 4.90 Å². The lowest BCUT2D eigenvalue weighted by molar-refractivity contribution is 0.141. The number of aromatic nitrogens is 1. The van der Waals surface area contributed by atoms with E-state index in [4.69, 9.17) is 0 Å². The van der Waals surface area contributed by atoms with Crippen LogP contribution in [0.25, 0.3) is 10.9 Å². The van der Waals surface area contributed by atoms with E-state index in [9.17, 15) is 9.18 Å². The van der Waals surface area contributed by atoms with Crippen LogP contribution in [-0.2, 0) is 6.42 Å². The minimum atomic E-state index is -0.196. The van der Waals surface area contributed by atoms with Gasteiger partial charge in [0.15, 0.2) is 0 Å². The second-order valence-corrected chi connectivity index (χ2v) is 6.73. The molecule has 2 heterocycles. The SMILES string of the molecule is O=C(N1CCN(CCc2ccc(F)cc2)CC1)n1ccc2ccccc21. The average molecular weight is 351 g/mol. The van der Waals surface area contributed by atoms with Crippen molar-refractivity contribution in [3.05, 3.63) is 72.2 Å². The van der Waals surface area contributed by atoms with Gasteiger partial charge in [-0.05, 0) is 36.2 Å². The zero-order chi connectivity index (χ0) is 17.9. The number of rotatable bonds is 3. The van der Waals surface area contributed by atoms with Crippen LogP contribution in [0, 0.1) is 5.82 Å². The quantitative estimate of drug-likeness (QED) is 0.721. The number of fused-ring (bicyclic) bond motifs is 1. The van der Waals surface area contributed by atoms with E-state index in [0.29, 0.717) is 0 Å². The first-order valence-corrected chi connectivity index (χ1v) is 9.03. The van der Waals surface area contributed by atoms with E-state index in [-0.39, 0.29) is 11.8 Å². The first-order chi connectivity index (χ1) is 12.7. The largest absolute Gasteiger partial charge is 0.328 e. The van der Waals surface area contributed by atoms with E-state index in [1.54, 1.807) is 4.57 Å². The standard InChI is InChI=1S/C21H22FN3O/c22-19-7-5-17(6-8-19)9-11-23-13-15-24(16-14-23)21(26)25-12-10-18-3-1-2-4-20(18)25/h1-8,10,12H,9,11,13-16H2. The minimum Gasteiger partial charge on any atom is -0.321 e. The molecule has 5 heteroatoms. The fourth-order valence-electron chi connectivity index (χ4n) is 3.50. The highest BCUT2D eigenvalue weighted by Crippen LogP contribution is 2.17. The predicted octanol–water partition coefficient (Wildman–Crippen LogP) is 3.61. The second-order valence-electron chi connectivity index (χ2n) is 6.73. The van der Waals surface area contributed by atoms with Gasteiger partial charge in [-0.15, -0.1) is 0 Å². The molecule has 1 aliphatic rings. The summed E-state index contributed by atoms with van der Waals surface area (Å²) in [4.78, 5) is 17.1. The van der Waals surface area contributed by atoms with E-state index < -0.39 is 0 Å². The molecule has 0 N–H and O–H groups in total. The molecule has 1 amide bonds. The molecule has 134 valence electrons. The molecule has 1 fully saturated rings. The van der Waals surface area contributed by atoms with E-state index in [1.165, 1.54) is 12.1 Å². The van der Waals surface area contributed by atoms with Crippen molar-refractivity contribution < 1.29 is 9.18 Å². The van der Waals surface area contributed by atoms with Gasteiger partial charge in [-0.3, -0.25) is 9.47 Å². The maximum atomic E-state index is 13.0. The molecule has 0 unspecified atom stereocenters. The number of amides is 1. The number of hydrogen-bond acceptors (Lipinski definition) is 2. The summed E-state index contributed by atoms with van der Waals surface area (Å²) in [5, 5.41) is 1.08. The normalized spacial score (nSPS) is 15.5. The molecule has 0 bridgehead atoms. The molecule has 0 aliphatic carbocycles. The Hall–Kier alpha value is -2.66. The highest BCUT2D eigenvalue weighted by atomic mass is 19.1. The highest BCUT2D eigenvalue weighted by molar-refractivity contribution is 5.91. The fraction of sp³-hybridized carbons (Fsp3) is 0.286. The molecular weight excluding hydrogens is 329 g/mol. The smallest absolute Gasteiger partial charge is 0.321 e. The zero-order valence-electron chi connectivity index (χ0n) is 14.6. The van der Waals surface area contributed by atoms with Crippen LogP contribution in [-0.4, -0.2) is 53.1 Å². The van der Waals surface area contributed by atoms with Gasteiger partial charge in [0.1, 0.15) is 5.82 Å². The van der Waals surface area contributed by atoms with Crippen molar-refractivity contribution in [1.29, 1.82) is 0 Å². The van der Waals surface area contributed by atoms with Crippen molar-refractivity contribution in [2.45, 2.75) is 6.42 Å². The number of hydrogen-bond donors (Lipinski definition) is 0. The monoisotopic (exact) mass is 351 g/mol. The lowest BCUT2D eigenvalue weighted by Crippen LogP contribution is -2.50. The summed E-state index contributed by atoms with van der Waals surface area (Å²) in [6.45, 7) is 4.13. The number of benzene rings is 2. The molecule has 0 spiro atoms. The molecule has 4 nitrogen and oxygen atoms in total. The van der Waals surface area contributed by atoms with Gasteiger partial charge in [0, 0.05) is 44.3 Å². The Kier molecular flexibility index (Phi) is 4.71. The summed E-state index contributed by atoms with van der Waals surface area (Å²) >= 11 is 0. The Balaban J connectivity index is 1.33. The molecular formula is C21H22FN3O. The lowest BCUT2D eigenvalue weighted by Gasteiger charge is -2.34. The third-order valence-electron chi connectivity index (χ3n) is 5.08. The average Bonchev–Trinajstić information content (AvgIpc) is 3.11. The first-order valence-electron chi connectivity index (χ1n) is 9.03. The van der Waals surface area contributed by atoms with Crippen molar-refractivity contribution in [3.8, 4) is 0 Å². The third-order valence-corrected chi connectivity index (χ3v) is 5.08. The highest BCUT2D eigenvalue weighted by Gasteiger charge is 2.22. The van der Waals surface area contributed by atoms with Crippen LogP contribution in [0.1, 0.15) is 5.56 Å². The molecule has 1 saturated heterocycles. The maximum Gasteiger partial charge on any atom is 0.328 e. The van der Waals surface area contributed by atoms with E-state index >= 15 is 0 Å². The Bertz CT molecular complexity index is 895. The summed E-state index contributed by atoms with van der Waals surface area (Å²) in [5.41, 5.74) is 2.10. The molecule has 1 aliphatic heterocycles. The van der Waals surface area contributed by atoms with Crippen LogP contribution in [0.2, 0.25) is 0 Å². The van der Waals surface area contributed by atoms with Gasteiger partial charge in [-0.2, -0.15) is 0 Å². The molecule has 2 aromatic carbocycles. The Labute approximate surface area is 152 Å². The molecule has 26 heavy (non-hydrogen) atoms.